The number of hydrogen-bond acceptors (Lipinski definition) is 3. The number of carbonyl (C=O) groups is 2. The zero-order chi connectivity index (χ0) is 16.9. The van der Waals surface area contributed by atoms with Crippen molar-refractivity contribution in [3.8, 4) is 0 Å². The molecule has 0 radical (unpaired) electrons. The van der Waals surface area contributed by atoms with Crippen molar-refractivity contribution in [3.63, 3.8) is 0 Å². The lowest BCUT2D eigenvalue weighted by Crippen LogP contribution is -2.14. The van der Waals surface area contributed by atoms with E-state index in [9.17, 15) is 9.59 Å². The summed E-state index contributed by atoms with van der Waals surface area (Å²) in [5.41, 5.74) is 0.643. The van der Waals surface area contributed by atoms with Crippen molar-refractivity contribution in [2.75, 3.05) is 0 Å². The lowest BCUT2D eigenvalue weighted by Gasteiger charge is -2.13. The third kappa shape index (κ3) is 8.97. The van der Waals surface area contributed by atoms with Gasteiger partial charge in [-0.15, -0.1) is 0 Å². The van der Waals surface area contributed by atoms with Crippen LogP contribution in [0.25, 0.3) is 0 Å². The number of benzene rings is 1. The second-order valence-electron chi connectivity index (χ2n) is 5.79. The molecule has 126 valence electrons. The SMILES string of the molecule is CCCCCCCC[C@@H](/C=C/C(=O)c1ccccc1)OC(C)=O. The first-order valence-corrected chi connectivity index (χ1v) is 8.58. The molecule has 23 heavy (non-hydrogen) atoms. The second-order valence-corrected chi connectivity index (χ2v) is 5.79. The first-order valence-electron chi connectivity index (χ1n) is 8.58. The Labute approximate surface area is 139 Å². The van der Waals surface area contributed by atoms with E-state index in [-0.39, 0.29) is 17.9 Å². The molecule has 3 heteroatoms. The van der Waals surface area contributed by atoms with Crippen molar-refractivity contribution < 1.29 is 14.3 Å². The Morgan fingerprint density at radius 2 is 1.70 bits per heavy atom. The largest absolute Gasteiger partial charge is 0.458 e. The summed E-state index contributed by atoms with van der Waals surface area (Å²) in [7, 11) is 0. The van der Waals surface area contributed by atoms with Gasteiger partial charge in [-0.05, 0) is 25.0 Å². The average molecular weight is 316 g/mol. The van der Waals surface area contributed by atoms with Gasteiger partial charge in [-0.25, -0.2) is 0 Å². The number of carbonyl (C=O) groups excluding carboxylic acids is 2. The summed E-state index contributed by atoms with van der Waals surface area (Å²) in [6, 6.07) is 9.10. The molecule has 1 atom stereocenters. The molecule has 0 bridgehead atoms. The summed E-state index contributed by atoms with van der Waals surface area (Å²) in [4.78, 5) is 23.3. The van der Waals surface area contributed by atoms with E-state index in [4.69, 9.17) is 4.74 Å². The molecule has 0 amide bonds. The maximum atomic E-state index is 12.1. The van der Waals surface area contributed by atoms with Crippen LogP contribution < -0.4 is 0 Å². The molecule has 0 saturated carbocycles. The van der Waals surface area contributed by atoms with E-state index in [1.807, 2.05) is 18.2 Å². The molecule has 0 N–H and O–H groups in total. The van der Waals surface area contributed by atoms with E-state index in [1.165, 1.54) is 38.7 Å². The minimum absolute atomic E-state index is 0.0642. The fourth-order valence-electron chi connectivity index (χ4n) is 2.43. The molecule has 0 aromatic heterocycles. The first-order chi connectivity index (χ1) is 11.1. The fourth-order valence-corrected chi connectivity index (χ4v) is 2.43. The van der Waals surface area contributed by atoms with Crippen molar-refractivity contribution in [2.45, 2.75) is 64.9 Å². The van der Waals surface area contributed by atoms with Crippen LogP contribution in [0.2, 0.25) is 0 Å². The Balaban J connectivity index is 2.45. The van der Waals surface area contributed by atoms with Gasteiger partial charge in [0.2, 0.25) is 0 Å². The molecule has 0 heterocycles. The normalized spacial score (nSPS) is 12.3. The highest BCUT2D eigenvalue weighted by Crippen LogP contribution is 2.12. The van der Waals surface area contributed by atoms with Crippen LogP contribution in [0, 0.1) is 0 Å². The predicted molar refractivity (Wildman–Crippen MR) is 93.5 cm³/mol. The number of esters is 1. The van der Waals surface area contributed by atoms with Gasteiger partial charge in [0.25, 0.3) is 0 Å². The smallest absolute Gasteiger partial charge is 0.303 e. The molecule has 0 spiro atoms. The monoisotopic (exact) mass is 316 g/mol. The summed E-state index contributed by atoms with van der Waals surface area (Å²) in [6.45, 7) is 3.60. The van der Waals surface area contributed by atoms with Crippen molar-refractivity contribution >= 4 is 11.8 Å². The maximum Gasteiger partial charge on any atom is 0.303 e. The van der Waals surface area contributed by atoms with Crippen LogP contribution in [0.3, 0.4) is 0 Å². The zero-order valence-electron chi connectivity index (χ0n) is 14.3. The lowest BCUT2D eigenvalue weighted by molar-refractivity contribution is -0.144. The number of ketones is 1. The quantitative estimate of drug-likeness (QED) is 0.247. The maximum absolute atomic E-state index is 12.1. The molecule has 0 aliphatic carbocycles. The molecule has 0 aliphatic rings. The van der Waals surface area contributed by atoms with Crippen LogP contribution in [0.15, 0.2) is 42.5 Å². The van der Waals surface area contributed by atoms with Crippen LogP contribution >= 0.6 is 0 Å². The van der Waals surface area contributed by atoms with Gasteiger partial charge in [-0.2, -0.15) is 0 Å². The van der Waals surface area contributed by atoms with Crippen molar-refractivity contribution in [1.29, 1.82) is 0 Å². The molecular weight excluding hydrogens is 288 g/mol. The highest BCUT2D eigenvalue weighted by atomic mass is 16.5. The Hall–Kier alpha value is -1.90. The third-order valence-corrected chi connectivity index (χ3v) is 3.68. The van der Waals surface area contributed by atoms with Gasteiger partial charge >= 0.3 is 5.97 Å². The number of allylic oxidation sites excluding steroid dienone is 1. The molecule has 0 unspecified atom stereocenters. The van der Waals surface area contributed by atoms with Gasteiger partial charge in [0, 0.05) is 12.5 Å². The molecule has 1 aromatic carbocycles. The average Bonchev–Trinajstić information content (AvgIpc) is 2.55. The topological polar surface area (TPSA) is 43.4 Å². The molecule has 1 aromatic rings. The molecule has 0 fully saturated rings. The van der Waals surface area contributed by atoms with Gasteiger partial charge in [-0.1, -0.05) is 69.4 Å². The van der Waals surface area contributed by atoms with E-state index < -0.39 is 0 Å². The minimum Gasteiger partial charge on any atom is -0.458 e. The van der Waals surface area contributed by atoms with Crippen molar-refractivity contribution in [3.05, 3.63) is 48.0 Å². The van der Waals surface area contributed by atoms with Crippen molar-refractivity contribution in [1.82, 2.24) is 0 Å². The van der Waals surface area contributed by atoms with Gasteiger partial charge in [0.15, 0.2) is 5.78 Å². The zero-order valence-corrected chi connectivity index (χ0v) is 14.3. The molecule has 0 aliphatic heterocycles. The lowest BCUT2D eigenvalue weighted by atomic mass is 10.1. The molecule has 3 nitrogen and oxygen atoms in total. The van der Waals surface area contributed by atoms with Crippen LogP contribution in [0.5, 0.6) is 0 Å². The van der Waals surface area contributed by atoms with Gasteiger partial charge in [0.05, 0.1) is 0 Å². The second kappa shape index (κ2) is 11.6. The number of rotatable bonds is 11. The highest BCUT2D eigenvalue weighted by molar-refractivity contribution is 6.04. The standard InChI is InChI=1S/C20H28O3/c1-3-4-5-6-7-11-14-19(23-17(2)21)15-16-20(22)18-12-9-8-10-13-18/h8-10,12-13,15-16,19H,3-7,11,14H2,1-2H3/b16-15+/t19-/m0/s1. The third-order valence-electron chi connectivity index (χ3n) is 3.68. The Morgan fingerprint density at radius 1 is 1.04 bits per heavy atom. The summed E-state index contributed by atoms with van der Waals surface area (Å²) in [5, 5.41) is 0. The van der Waals surface area contributed by atoms with Crippen LogP contribution in [-0.4, -0.2) is 17.9 Å². The van der Waals surface area contributed by atoms with E-state index >= 15 is 0 Å². The van der Waals surface area contributed by atoms with Gasteiger partial charge < -0.3 is 4.74 Å². The number of ether oxygens (including phenoxy) is 1. The van der Waals surface area contributed by atoms with E-state index in [0.29, 0.717) is 5.56 Å². The van der Waals surface area contributed by atoms with Gasteiger partial charge in [0.1, 0.15) is 6.10 Å². The minimum atomic E-state index is -0.314. The highest BCUT2D eigenvalue weighted by Gasteiger charge is 2.09. The molecule has 1 rings (SSSR count). The summed E-state index contributed by atoms with van der Waals surface area (Å²) < 4.78 is 5.29. The molecule has 0 saturated heterocycles. The number of hydrogen-bond donors (Lipinski definition) is 0. The Morgan fingerprint density at radius 3 is 2.35 bits per heavy atom. The summed E-state index contributed by atoms with van der Waals surface area (Å²) in [5.74, 6) is -0.372. The summed E-state index contributed by atoms with van der Waals surface area (Å²) >= 11 is 0. The predicted octanol–water partition coefficient (Wildman–Crippen LogP) is 5.11. The Kier molecular flexibility index (Phi) is 9.69. The number of unbranched alkanes of at least 4 members (excludes halogenated alkanes) is 5. The van der Waals surface area contributed by atoms with Crippen LogP contribution in [0.1, 0.15) is 69.2 Å². The van der Waals surface area contributed by atoms with Crippen LogP contribution in [0.4, 0.5) is 0 Å². The fraction of sp³-hybridized carbons (Fsp3) is 0.500. The first kappa shape index (κ1) is 19.1. The van der Waals surface area contributed by atoms with E-state index in [0.717, 1.165) is 19.3 Å². The van der Waals surface area contributed by atoms with E-state index in [2.05, 4.69) is 6.92 Å². The Bertz CT molecular complexity index is 491. The van der Waals surface area contributed by atoms with Crippen LogP contribution in [-0.2, 0) is 9.53 Å². The van der Waals surface area contributed by atoms with E-state index in [1.54, 1.807) is 18.2 Å². The van der Waals surface area contributed by atoms with Crippen molar-refractivity contribution in [2.24, 2.45) is 0 Å². The summed E-state index contributed by atoms with van der Waals surface area (Å²) in [6.07, 6.45) is 10.8. The molecular formula is C20H28O3. The van der Waals surface area contributed by atoms with Gasteiger partial charge in [-0.3, -0.25) is 9.59 Å².